The maximum atomic E-state index is 12.2. The number of fused-ring (bicyclic) bond motifs is 1. The molecule has 1 aliphatic rings. The number of ether oxygens (including phenoxy) is 2. The Hall–Kier alpha value is -3.00. The van der Waals surface area contributed by atoms with Gasteiger partial charge in [-0.15, -0.1) is 0 Å². The summed E-state index contributed by atoms with van der Waals surface area (Å²) >= 11 is 5.77. The third-order valence-corrected chi connectivity index (χ3v) is 3.92. The third kappa shape index (κ3) is 4.15. The largest absolute Gasteiger partial charge is 0.486 e. The van der Waals surface area contributed by atoms with Crippen molar-refractivity contribution in [2.24, 2.45) is 0 Å². The lowest BCUT2D eigenvalue weighted by Crippen LogP contribution is -2.29. The van der Waals surface area contributed by atoms with Gasteiger partial charge in [0.15, 0.2) is 11.5 Å². The molecule has 0 atom stereocenters. The van der Waals surface area contributed by atoms with E-state index in [4.69, 9.17) is 21.1 Å². The number of carbonyl (C=O) groups excluding carboxylic acids is 1. The minimum atomic E-state index is -0.512. The molecule has 1 aliphatic heterocycles. The van der Waals surface area contributed by atoms with Gasteiger partial charge in [0.25, 0.3) is 11.6 Å². The van der Waals surface area contributed by atoms with Crippen molar-refractivity contribution in [3.05, 3.63) is 57.1 Å². The summed E-state index contributed by atoms with van der Waals surface area (Å²) in [5.74, 6) is 0.887. The van der Waals surface area contributed by atoms with Gasteiger partial charge in [-0.05, 0) is 30.3 Å². The number of benzene rings is 2. The highest BCUT2D eigenvalue weighted by Crippen LogP contribution is 2.30. The van der Waals surface area contributed by atoms with Gasteiger partial charge in [0, 0.05) is 29.7 Å². The molecule has 0 bridgehead atoms. The molecule has 1 heterocycles. The summed E-state index contributed by atoms with van der Waals surface area (Å²) in [6, 6.07) is 9.34. The van der Waals surface area contributed by atoms with Crippen LogP contribution in [-0.2, 0) is 0 Å². The Bertz CT molecular complexity index is 843. The molecule has 9 heteroatoms. The fourth-order valence-corrected chi connectivity index (χ4v) is 2.63. The molecule has 0 radical (unpaired) electrons. The Morgan fingerprint density at radius 1 is 1.12 bits per heavy atom. The third-order valence-electron chi connectivity index (χ3n) is 3.69. The normalized spacial score (nSPS) is 12.3. The fourth-order valence-electron chi connectivity index (χ4n) is 2.47. The predicted molar refractivity (Wildman–Crippen MR) is 96.4 cm³/mol. The van der Waals surface area contributed by atoms with Gasteiger partial charge in [-0.1, -0.05) is 11.6 Å². The van der Waals surface area contributed by atoms with Gasteiger partial charge in [-0.25, -0.2) is 0 Å². The first-order valence-electron chi connectivity index (χ1n) is 7.90. The maximum absolute atomic E-state index is 12.2. The number of nitrogens with zero attached hydrogens (tertiary/aromatic N) is 1. The Morgan fingerprint density at radius 2 is 1.88 bits per heavy atom. The summed E-state index contributed by atoms with van der Waals surface area (Å²) in [5.41, 5.74) is 0.676. The topological polar surface area (TPSA) is 103 Å². The van der Waals surface area contributed by atoms with Gasteiger partial charge in [-0.3, -0.25) is 14.9 Å². The van der Waals surface area contributed by atoms with Gasteiger partial charge < -0.3 is 20.1 Å². The lowest BCUT2D eigenvalue weighted by atomic mass is 10.2. The van der Waals surface area contributed by atoms with Crippen LogP contribution in [0.15, 0.2) is 36.4 Å². The zero-order chi connectivity index (χ0) is 18.5. The van der Waals surface area contributed by atoms with E-state index in [-0.39, 0.29) is 23.2 Å². The highest BCUT2D eigenvalue weighted by molar-refractivity contribution is 6.30. The van der Waals surface area contributed by atoms with E-state index in [9.17, 15) is 14.9 Å². The molecule has 0 spiro atoms. The number of nitro groups is 1. The van der Waals surface area contributed by atoms with E-state index in [1.54, 1.807) is 24.3 Å². The van der Waals surface area contributed by atoms with Crippen LogP contribution >= 0.6 is 11.6 Å². The van der Waals surface area contributed by atoms with Crippen molar-refractivity contribution in [1.82, 2.24) is 5.32 Å². The second kappa shape index (κ2) is 7.92. The Kier molecular flexibility index (Phi) is 5.43. The summed E-state index contributed by atoms with van der Waals surface area (Å²) in [5, 5.41) is 17.0. The fraction of sp³-hybridized carbons (Fsp3) is 0.235. The molecule has 0 unspecified atom stereocenters. The summed E-state index contributed by atoms with van der Waals surface area (Å²) in [7, 11) is 0. The lowest BCUT2D eigenvalue weighted by Gasteiger charge is -2.18. The molecule has 1 amide bonds. The Balaban J connectivity index is 1.54. The number of carbonyl (C=O) groups is 1. The minimum Gasteiger partial charge on any atom is -0.486 e. The summed E-state index contributed by atoms with van der Waals surface area (Å²) in [6.07, 6.45) is 0. The molecule has 2 N–H and O–H groups in total. The molecule has 0 fully saturated rings. The van der Waals surface area contributed by atoms with E-state index in [1.165, 1.54) is 12.1 Å². The van der Waals surface area contributed by atoms with E-state index in [2.05, 4.69) is 10.6 Å². The molecule has 8 nitrogen and oxygen atoms in total. The smallest absolute Gasteiger partial charge is 0.293 e. The van der Waals surface area contributed by atoms with Crippen molar-refractivity contribution in [2.45, 2.75) is 0 Å². The van der Waals surface area contributed by atoms with Crippen LogP contribution < -0.4 is 20.1 Å². The lowest BCUT2D eigenvalue weighted by molar-refractivity contribution is -0.383. The average Bonchev–Trinajstić information content (AvgIpc) is 2.65. The van der Waals surface area contributed by atoms with Crippen molar-refractivity contribution in [3.63, 3.8) is 0 Å². The standard InChI is InChI=1S/C17H16ClN3O5/c18-12-2-3-13(14(10-12)21(23)24)19-5-6-20-17(22)11-1-4-15-16(9-11)26-8-7-25-15/h1-4,9-10,19H,5-8H2,(H,20,22). The van der Waals surface area contributed by atoms with Crippen LogP contribution in [0.1, 0.15) is 10.4 Å². The summed E-state index contributed by atoms with van der Waals surface area (Å²) in [4.78, 5) is 22.7. The molecular weight excluding hydrogens is 362 g/mol. The number of halogens is 1. The van der Waals surface area contributed by atoms with Crippen LogP contribution in [0, 0.1) is 10.1 Å². The van der Waals surface area contributed by atoms with E-state index < -0.39 is 4.92 Å². The van der Waals surface area contributed by atoms with Crippen molar-refractivity contribution >= 4 is 28.9 Å². The van der Waals surface area contributed by atoms with Crippen LogP contribution in [0.25, 0.3) is 0 Å². The summed E-state index contributed by atoms with van der Waals surface area (Å²) in [6.45, 7) is 1.54. The highest BCUT2D eigenvalue weighted by atomic mass is 35.5. The molecule has 0 saturated heterocycles. The number of amides is 1. The van der Waals surface area contributed by atoms with Crippen molar-refractivity contribution < 1.29 is 19.2 Å². The highest BCUT2D eigenvalue weighted by Gasteiger charge is 2.16. The van der Waals surface area contributed by atoms with Gasteiger partial charge in [0.1, 0.15) is 18.9 Å². The molecule has 2 aromatic carbocycles. The molecule has 26 heavy (non-hydrogen) atoms. The first-order valence-corrected chi connectivity index (χ1v) is 8.28. The molecule has 2 aromatic rings. The van der Waals surface area contributed by atoms with Gasteiger partial charge in [0.2, 0.25) is 0 Å². The maximum Gasteiger partial charge on any atom is 0.293 e. The quantitative estimate of drug-likeness (QED) is 0.456. The van der Waals surface area contributed by atoms with E-state index in [0.717, 1.165) is 0 Å². The second-order valence-corrected chi connectivity index (χ2v) is 5.90. The van der Waals surface area contributed by atoms with E-state index in [1.807, 2.05) is 0 Å². The van der Waals surface area contributed by atoms with Gasteiger partial charge >= 0.3 is 0 Å². The van der Waals surface area contributed by atoms with Crippen LogP contribution in [0.2, 0.25) is 5.02 Å². The molecule has 0 aliphatic carbocycles. The summed E-state index contributed by atoms with van der Waals surface area (Å²) < 4.78 is 10.9. The molecule has 136 valence electrons. The molecule has 0 saturated carbocycles. The van der Waals surface area contributed by atoms with Gasteiger partial charge in [-0.2, -0.15) is 0 Å². The molecule has 3 rings (SSSR count). The molecular formula is C17H16ClN3O5. The molecule has 0 aromatic heterocycles. The number of hydrogen-bond donors (Lipinski definition) is 2. The first-order chi connectivity index (χ1) is 12.5. The monoisotopic (exact) mass is 377 g/mol. The van der Waals surface area contributed by atoms with Crippen LogP contribution in [0.4, 0.5) is 11.4 Å². The van der Waals surface area contributed by atoms with E-state index in [0.29, 0.717) is 42.5 Å². The number of anilines is 1. The Labute approximate surface area is 154 Å². The Morgan fingerprint density at radius 3 is 2.65 bits per heavy atom. The van der Waals surface area contributed by atoms with Crippen molar-refractivity contribution in [1.29, 1.82) is 0 Å². The van der Waals surface area contributed by atoms with E-state index >= 15 is 0 Å². The average molecular weight is 378 g/mol. The zero-order valence-corrected chi connectivity index (χ0v) is 14.4. The minimum absolute atomic E-state index is 0.115. The number of nitro benzene ring substituents is 1. The van der Waals surface area contributed by atoms with Crippen molar-refractivity contribution in [2.75, 3.05) is 31.6 Å². The zero-order valence-electron chi connectivity index (χ0n) is 13.7. The van der Waals surface area contributed by atoms with Crippen LogP contribution in [0.3, 0.4) is 0 Å². The first kappa shape index (κ1) is 17.8. The van der Waals surface area contributed by atoms with Crippen LogP contribution in [-0.4, -0.2) is 37.1 Å². The van der Waals surface area contributed by atoms with Crippen LogP contribution in [0.5, 0.6) is 11.5 Å². The van der Waals surface area contributed by atoms with Gasteiger partial charge in [0.05, 0.1) is 4.92 Å². The number of nitrogens with one attached hydrogen (secondary N) is 2. The SMILES string of the molecule is O=C(NCCNc1ccc(Cl)cc1[N+](=O)[O-])c1ccc2c(c1)OCCO2. The second-order valence-electron chi connectivity index (χ2n) is 5.46. The predicted octanol–water partition coefficient (Wildman–Crippen LogP) is 2.86. The number of hydrogen-bond acceptors (Lipinski definition) is 6. The number of rotatable bonds is 6. The van der Waals surface area contributed by atoms with Crippen molar-refractivity contribution in [3.8, 4) is 11.5 Å².